The first kappa shape index (κ1) is 15.4. The van der Waals surface area contributed by atoms with E-state index in [-0.39, 0.29) is 12.0 Å². The van der Waals surface area contributed by atoms with Crippen LogP contribution in [0.1, 0.15) is 13.3 Å². The molecule has 5 heteroatoms. The van der Waals surface area contributed by atoms with E-state index in [2.05, 4.69) is 21.2 Å². The lowest BCUT2D eigenvalue weighted by molar-refractivity contribution is -0.144. The Balaban J connectivity index is 2.64. The molecule has 0 heterocycles. The number of carbonyl (C=O) groups is 1. The van der Waals surface area contributed by atoms with E-state index in [4.69, 9.17) is 4.74 Å². The quantitative estimate of drug-likeness (QED) is 0.775. The van der Waals surface area contributed by atoms with E-state index in [1.165, 1.54) is 0 Å². The Hall–Kier alpha value is -0.680. The van der Waals surface area contributed by atoms with Gasteiger partial charge in [-0.1, -0.05) is 15.9 Å². The van der Waals surface area contributed by atoms with Crippen molar-refractivity contribution in [2.24, 2.45) is 0 Å². The molecule has 0 aliphatic rings. The molecule has 0 aromatic heterocycles. The number of anilines is 1. The molecule has 0 bridgehead atoms. The highest BCUT2D eigenvalue weighted by Crippen LogP contribution is 2.16. The second-order valence-electron chi connectivity index (χ2n) is 3.74. The van der Waals surface area contributed by atoms with Gasteiger partial charge < -0.3 is 10.1 Å². The molecular formula is C13H18BrNO2S. The number of carbonyl (C=O) groups excluding carboxylic acids is 1. The molecule has 0 aliphatic heterocycles. The topological polar surface area (TPSA) is 38.3 Å². The zero-order valence-corrected chi connectivity index (χ0v) is 13.0. The third kappa shape index (κ3) is 5.31. The van der Waals surface area contributed by atoms with Gasteiger partial charge in [0.2, 0.25) is 0 Å². The van der Waals surface area contributed by atoms with Crippen molar-refractivity contribution in [1.82, 2.24) is 0 Å². The van der Waals surface area contributed by atoms with Crippen molar-refractivity contribution in [1.29, 1.82) is 0 Å². The molecule has 1 aromatic rings. The van der Waals surface area contributed by atoms with Gasteiger partial charge in [-0.3, -0.25) is 0 Å². The molecule has 1 atom stereocenters. The average molecular weight is 332 g/mol. The lowest BCUT2D eigenvalue weighted by Gasteiger charge is -2.18. The Morgan fingerprint density at radius 2 is 2.11 bits per heavy atom. The standard InChI is InChI=1S/C13H18BrNO2S/c1-3-17-13(16)12(8-9-18-2)15-11-6-4-10(14)5-7-11/h4-7,12,15H,3,8-9H2,1-2H3. The zero-order valence-electron chi connectivity index (χ0n) is 10.6. The van der Waals surface area contributed by atoms with E-state index in [0.717, 1.165) is 22.3 Å². The second-order valence-corrected chi connectivity index (χ2v) is 5.64. The number of rotatable bonds is 7. The van der Waals surface area contributed by atoms with Gasteiger partial charge in [0.15, 0.2) is 0 Å². The molecule has 1 rings (SSSR count). The number of benzene rings is 1. The minimum atomic E-state index is -0.279. The summed E-state index contributed by atoms with van der Waals surface area (Å²) in [5.74, 6) is 0.738. The van der Waals surface area contributed by atoms with Crippen molar-refractivity contribution in [3.05, 3.63) is 28.7 Å². The highest BCUT2D eigenvalue weighted by atomic mass is 79.9. The van der Waals surface area contributed by atoms with Crippen molar-refractivity contribution in [3.8, 4) is 0 Å². The van der Waals surface area contributed by atoms with Crippen molar-refractivity contribution in [3.63, 3.8) is 0 Å². The Bertz CT molecular complexity index is 370. The van der Waals surface area contributed by atoms with Gasteiger partial charge >= 0.3 is 5.97 Å². The monoisotopic (exact) mass is 331 g/mol. The van der Waals surface area contributed by atoms with Gasteiger partial charge in [0.25, 0.3) is 0 Å². The molecule has 0 aliphatic carbocycles. The van der Waals surface area contributed by atoms with Crippen molar-refractivity contribution < 1.29 is 9.53 Å². The van der Waals surface area contributed by atoms with Crippen LogP contribution >= 0.6 is 27.7 Å². The van der Waals surface area contributed by atoms with E-state index in [0.29, 0.717) is 6.61 Å². The highest BCUT2D eigenvalue weighted by Gasteiger charge is 2.18. The summed E-state index contributed by atoms with van der Waals surface area (Å²) in [7, 11) is 0. The Labute approximate surface area is 121 Å². The first-order valence-electron chi connectivity index (χ1n) is 5.85. The van der Waals surface area contributed by atoms with Crippen LogP contribution in [0.25, 0.3) is 0 Å². The number of hydrogen-bond donors (Lipinski definition) is 1. The SMILES string of the molecule is CCOC(=O)C(CCSC)Nc1ccc(Br)cc1. The normalized spacial score (nSPS) is 11.9. The molecule has 0 radical (unpaired) electrons. The van der Waals surface area contributed by atoms with Crippen molar-refractivity contribution in [2.45, 2.75) is 19.4 Å². The third-order valence-corrected chi connectivity index (χ3v) is 3.54. The largest absolute Gasteiger partial charge is 0.464 e. The molecule has 3 nitrogen and oxygen atoms in total. The van der Waals surface area contributed by atoms with Crippen LogP contribution in [0.5, 0.6) is 0 Å². The van der Waals surface area contributed by atoms with Crippen LogP contribution in [0.15, 0.2) is 28.7 Å². The summed E-state index contributed by atoms with van der Waals surface area (Å²) >= 11 is 5.11. The summed E-state index contributed by atoms with van der Waals surface area (Å²) in [4.78, 5) is 11.8. The summed E-state index contributed by atoms with van der Waals surface area (Å²) < 4.78 is 6.10. The Morgan fingerprint density at radius 3 is 2.67 bits per heavy atom. The lowest BCUT2D eigenvalue weighted by Crippen LogP contribution is -2.32. The Morgan fingerprint density at radius 1 is 1.44 bits per heavy atom. The molecule has 0 fully saturated rings. The second kappa shape index (κ2) is 8.43. The summed E-state index contributed by atoms with van der Waals surface area (Å²) in [6.45, 7) is 2.24. The Kier molecular flexibility index (Phi) is 7.20. The van der Waals surface area contributed by atoms with E-state index in [1.54, 1.807) is 11.8 Å². The van der Waals surface area contributed by atoms with Gasteiger partial charge in [-0.05, 0) is 49.6 Å². The van der Waals surface area contributed by atoms with E-state index in [9.17, 15) is 4.79 Å². The van der Waals surface area contributed by atoms with Crippen LogP contribution in [0.3, 0.4) is 0 Å². The minimum Gasteiger partial charge on any atom is -0.464 e. The molecule has 0 saturated carbocycles. The first-order valence-corrected chi connectivity index (χ1v) is 8.03. The van der Waals surface area contributed by atoms with Crippen LogP contribution in [0.2, 0.25) is 0 Å². The number of halogens is 1. The van der Waals surface area contributed by atoms with E-state index < -0.39 is 0 Å². The molecule has 0 amide bonds. The number of ether oxygens (including phenoxy) is 1. The fourth-order valence-electron chi connectivity index (χ4n) is 1.47. The van der Waals surface area contributed by atoms with Crippen molar-refractivity contribution in [2.75, 3.05) is 23.9 Å². The van der Waals surface area contributed by atoms with E-state index in [1.807, 2.05) is 37.4 Å². The maximum absolute atomic E-state index is 11.8. The predicted octanol–water partition coefficient (Wildman–Crippen LogP) is 3.55. The van der Waals surface area contributed by atoms with Gasteiger partial charge in [-0.25, -0.2) is 4.79 Å². The minimum absolute atomic E-state index is 0.186. The van der Waals surface area contributed by atoms with Gasteiger partial charge in [-0.2, -0.15) is 11.8 Å². The van der Waals surface area contributed by atoms with Crippen LogP contribution in [0, 0.1) is 0 Å². The van der Waals surface area contributed by atoms with Gasteiger partial charge in [0, 0.05) is 10.2 Å². The van der Waals surface area contributed by atoms with Gasteiger partial charge in [-0.15, -0.1) is 0 Å². The van der Waals surface area contributed by atoms with Crippen LogP contribution in [0.4, 0.5) is 5.69 Å². The molecule has 1 unspecified atom stereocenters. The number of esters is 1. The lowest BCUT2D eigenvalue weighted by atomic mass is 10.2. The molecule has 0 spiro atoms. The molecule has 100 valence electrons. The highest BCUT2D eigenvalue weighted by molar-refractivity contribution is 9.10. The molecule has 18 heavy (non-hydrogen) atoms. The number of thioether (sulfide) groups is 1. The summed E-state index contributed by atoms with van der Waals surface area (Å²) in [6.07, 6.45) is 2.79. The van der Waals surface area contributed by atoms with Gasteiger partial charge in [0.05, 0.1) is 6.61 Å². The summed E-state index contributed by atoms with van der Waals surface area (Å²) in [5.41, 5.74) is 0.928. The summed E-state index contributed by atoms with van der Waals surface area (Å²) in [6, 6.07) is 7.49. The maximum Gasteiger partial charge on any atom is 0.328 e. The van der Waals surface area contributed by atoms with Crippen molar-refractivity contribution >= 4 is 39.3 Å². The fraction of sp³-hybridized carbons (Fsp3) is 0.462. The smallest absolute Gasteiger partial charge is 0.328 e. The maximum atomic E-state index is 11.8. The van der Waals surface area contributed by atoms with Crippen LogP contribution in [-0.2, 0) is 9.53 Å². The molecule has 0 saturated heterocycles. The molecule has 1 aromatic carbocycles. The average Bonchev–Trinajstić information content (AvgIpc) is 2.37. The van der Waals surface area contributed by atoms with Gasteiger partial charge in [0.1, 0.15) is 6.04 Å². The van der Waals surface area contributed by atoms with E-state index >= 15 is 0 Å². The summed E-state index contributed by atoms with van der Waals surface area (Å²) in [5, 5.41) is 3.22. The molecular weight excluding hydrogens is 314 g/mol. The third-order valence-electron chi connectivity index (χ3n) is 2.37. The first-order chi connectivity index (χ1) is 8.67. The fourth-order valence-corrected chi connectivity index (χ4v) is 2.21. The zero-order chi connectivity index (χ0) is 13.4. The van der Waals surface area contributed by atoms with Crippen LogP contribution < -0.4 is 5.32 Å². The van der Waals surface area contributed by atoms with Crippen LogP contribution in [-0.4, -0.2) is 30.6 Å². The molecule has 1 N–H and O–H groups in total. The number of nitrogens with one attached hydrogen (secondary N) is 1. The number of hydrogen-bond acceptors (Lipinski definition) is 4. The predicted molar refractivity (Wildman–Crippen MR) is 81.2 cm³/mol.